The van der Waals surface area contributed by atoms with Crippen LogP contribution in [0.25, 0.3) is 0 Å². The van der Waals surface area contributed by atoms with Gasteiger partial charge in [-0.2, -0.15) is 5.10 Å². The summed E-state index contributed by atoms with van der Waals surface area (Å²) in [4.78, 5) is 23.0. The van der Waals surface area contributed by atoms with Gasteiger partial charge in [-0.05, 0) is 39.7 Å². The van der Waals surface area contributed by atoms with E-state index in [1.54, 1.807) is 4.68 Å². The van der Waals surface area contributed by atoms with Crippen molar-refractivity contribution in [2.75, 3.05) is 0 Å². The monoisotopic (exact) mass is 279 g/mol. The van der Waals surface area contributed by atoms with Gasteiger partial charge >= 0.3 is 6.09 Å². The van der Waals surface area contributed by atoms with Crippen LogP contribution in [0.2, 0.25) is 0 Å². The number of carbonyl (C=O) groups excluding carboxylic acids is 2. The fourth-order valence-corrected chi connectivity index (χ4v) is 2.20. The lowest BCUT2D eigenvalue weighted by Crippen LogP contribution is -2.43. The molecule has 1 aliphatic heterocycles. The number of nitrogens with one attached hydrogen (secondary N) is 1. The highest BCUT2D eigenvalue weighted by Crippen LogP contribution is 2.17. The van der Waals surface area contributed by atoms with E-state index in [9.17, 15) is 9.59 Å². The van der Waals surface area contributed by atoms with Gasteiger partial charge in [-0.15, -0.1) is 0 Å². The lowest BCUT2D eigenvalue weighted by Gasteiger charge is -2.26. The highest BCUT2D eigenvalue weighted by atomic mass is 16.6. The Labute approximate surface area is 118 Å². The Morgan fingerprint density at radius 3 is 2.75 bits per heavy atom. The van der Waals surface area contributed by atoms with Gasteiger partial charge in [0.15, 0.2) is 5.78 Å². The summed E-state index contributed by atoms with van der Waals surface area (Å²) < 4.78 is 7.03. The topological polar surface area (TPSA) is 73.2 Å². The molecule has 1 aromatic rings. The van der Waals surface area contributed by atoms with Crippen molar-refractivity contribution in [3.8, 4) is 0 Å². The molecule has 0 saturated carbocycles. The smallest absolute Gasteiger partial charge is 0.407 e. The van der Waals surface area contributed by atoms with Crippen LogP contribution in [0.15, 0.2) is 6.07 Å². The Hall–Kier alpha value is -1.85. The molecule has 0 aliphatic carbocycles. The zero-order valence-electron chi connectivity index (χ0n) is 12.4. The van der Waals surface area contributed by atoms with Crippen LogP contribution in [-0.2, 0) is 17.7 Å². The van der Waals surface area contributed by atoms with Gasteiger partial charge in [0.1, 0.15) is 11.3 Å². The number of fused-ring (bicyclic) bond motifs is 1. The van der Waals surface area contributed by atoms with Gasteiger partial charge in [-0.3, -0.25) is 9.48 Å². The third kappa shape index (κ3) is 3.59. The Balaban J connectivity index is 1.97. The molecule has 1 N–H and O–H groups in total. The van der Waals surface area contributed by atoms with E-state index in [1.165, 1.54) is 6.92 Å². The number of hydrogen-bond acceptors (Lipinski definition) is 4. The highest BCUT2D eigenvalue weighted by molar-refractivity contribution is 5.92. The number of nitrogens with zero attached hydrogens (tertiary/aromatic N) is 2. The number of ketones is 1. The van der Waals surface area contributed by atoms with Crippen molar-refractivity contribution in [3.63, 3.8) is 0 Å². The van der Waals surface area contributed by atoms with Crippen LogP contribution < -0.4 is 5.32 Å². The van der Waals surface area contributed by atoms with Crippen LogP contribution >= 0.6 is 0 Å². The van der Waals surface area contributed by atoms with Gasteiger partial charge in [-0.1, -0.05) is 0 Å². The number of Topliss-reactive ketones (excluding diaryl/α,β-unsaturated/α-hetero) is 1. The maximum atomic E-state index is 11.7. The average Bonchev–Trinajstić information content (AvgIpc) is 2.69. The largest absolute Gasteiger partial charge is 0.444 e. The van der Waals surface area contributed by atoms with Crippen molar-refractivity contribution >= 4 is 11.9 Å². The van der Waals surface area contributed by atoms with Gasteiger partial charge < -0.3 is 10.1 Å². The van der Waals surface area contributed by atoms with E-state index in [4.69, 9.17) is 4.74 Å². The van der Waals surface area contributed by atoms with Crippen LogP contribution in [0.3, 0.4) is 0 Å². The van der Waals surface area contributed by atoms with E-state index >= 15 is 0 Å². The van der Waals surface area contributed by atoms with Gasteiger partial charge in [0.2, 0.25) is 0 Å². The normalized spacial score (nSPS) is 18.3. The molecule has 0 saturated heterocycles. The molecule has 1 aliphatic rings. The van der Waals surface area contributed by atoms with Crippen molar-refractivity contribution in [1.29, 1.82) is 0 Å². The lowest BCUT2D eigenvalue weighted by atomic mass is 10.1. The first-order chi connectivity index (χ1) is 9.24. The lowest BCUT2D eigenvalue weighted by molar-refractivity contribution is 0.0491. The molecule has 0 radical (unpaired) electrons. The fraction of sp³-hybridized carbons (Fsp3) is 0.643. The molecule has 2 rings (SSSR count). The van der Waals surface area contributed by atoms with Crippen LogP contribution in [0, 0.1) is 0 Å². The van der Waals surface area contributed by atoms with Crippen molar-refractivity contribution in [3.05, 3.63) is 17.5 Å². The molecule has 6 nitrogen and oxygen atoms in total. The van der Waals surface area contributed by atoms with E-state index in [-0.39, 0.29) is 11.8 Å². The summed E-state index contributed by atoms with van der Waals surface area (Å²) in [6.07, 6.45) is 1.20. The molecule has 20 heavy (non-hydrogen) atoms. The average molecular weight is 279 g/mol. The number of hydrogen-bond donors (Lipinski definition) is 1. The minimum atomic E-state index is -0.503. The summed E-state index contributed by atoms with van der Waals surface area (Å²) >= 11 is 0. The summed E-state index contributed by atoms with van der Waals surface area (Å²) in [6.45, 7) is 7.57. The zero-order chi connectivity index (χ0) is 14.9. The van der Waals surface area contributed by atoms with Crippen molar-refractivity contribution in [2.45, 2.75) is 58.7 Å². The number of ether oxygens (including phenoxy) is 1. The quantitative estimate of drug-likeness (QED) is 0.839. The van der Waals surface area contributed by atoms with Crippen LogP contribution in [0.4, 0.5) is 4.79 Å². The molecule has 1 amide bonds. The second-order valence-corrected chi connectivity index (χ2v) is 6.14. The fourth-order valence-electron chi connectivity index (χ4n) is 2.20. The Morgan fingerprint density at radius 1 is 1.45 bits per heavy atom. The van der Waals surface area contributed by atoms with Crippen LogP contribution in [0.5, 0.6) is 0 Å². The Bertz CT molecular complexity index is 528. The molecule has 2 heterocycles. The predicted octanol–water partition coefficient (Wildman–Crippen LogP) is 1.93. The first-order valence-electron chi connectivity index (χ1n) is 6.82. The summed E-state index contributed by atoms with van der Waals surface area (Å²) in [5.74, 6) is -0.0384. The standard InChI is InChI=1S/C14H21N3O3/c1-9(18)12-7-11-6-5-10(8-17(11)16-12)15-13(19)20-14(2,3)4/h7,10H,5-6,8H2,1-4H3,(H,15,19)/t10-/m1/s1. The van der Waals surface area contributed by atoms with Gasteiger partial charge in [-0.25, -0.2) is 4.79 Å². The molecule has 110 valence electrons. The molecular formula is C14H21N3O3. The molecular weight excluding hydrogens is 258 g/mol. The number of alkyl carbamates (subject to hydrolysis) is 1. The highest BCUT2D eigenvalue weighted by Gasteiger charge is 2.24. The van der Waals surface area contributed by atoms with Crippen molar-refractivity contribution in [1.82, 2.24) is 15.1 Å². The Morgan fingerprint density at radius 2 is 2.15 bits per heavy atom. The maximum Gasteiger partial charge on any atom is 0.407 e. The van der Waals surface area contributed by atoms with Gasteiger partial charge in [0.05, 0.1) is 12.6 Å². The number of amides is 1. The maximum absolute atomic E-state index is 11.7. The molecule has 0 fully saturated rings. The first-order valence-corrected chi connectivity index (χ1v) is 6.82. The summed E-state index contributed by atoms with van der Waals surface area (Å²) in [6, 6.07) is 1.81. The molecule has 0 bridgehead atoms. The van der Waals surface area contributed by atoms with E-state index in [0.717, 1.165) is 18.5 Å². The summed E-state index contributed by atoms with van der Waals surface area (Å²) in [5.41, 5.74) is 1.02. The number of aromatic nitrogens is 2. The minimum Gasteiger partial charge on any atom is -0.444 e. The van der Waals surface area contributed by atoms with E-state index in [2.05, 4.69) is 10.4 Å². The Kier molecular flexibility index (Phi) is 3.83. The molecule has 0 aromatic carbocycles. The number of carbonyl (C=O) groups is 2. The van der Waals surface area contributed by atoms with Crippen LogP contribution in [0.1, 0.15) is 50.3 Å². The SMILES string of the molecule is CC(=O)c1cc2n(n1)C[C@H](NC(=O)OC(C)(C)C)CC2. The molecule has 1 aromatic heterocycles. The summed E-state index contributed by atoms with van der Waals surface area (Å²) in [5, 5.41) is 7.11. The third-order valence-electron chi connectivity index (χ3n) is 3.09. The molecule has 0 spiro atoms. The van der Waals surface area contributed by atoms with Crippen LogP contribution in [-0.4, -0.2) is 33.3 Å². The van der Waals surface area contributed by atoms with E-state index < -0.39 is 11.7 Å². The van der Waals surface area contributed by atoms with Crippen molar-refractivity contribution < 1.29 is 14.3 Å². The first kappa shape index (κ1) is 14.6. The number of rotatable bonds is 2. The second-order valence-electron chi connectivity index (χ2n) is 6.14. The minimum absolute atomic E-state index is 0.0166. The molecule has 6 heteroatoms. The molecule has 0 unspecified atom stereocenters. The number of aryl methyl sites for hydroxylation is 1. The van der Waals surface area contributed by atoms with Gasteiger partial charge in [0.25, 0.3) is 0 Å². The van der Waals surface area contributed by atoms with E-state index in [1.807, 2.05) is 26.8 Å². The molecule has 1 atom stereocenters. The predicted molar refractivity (Wildman–Crippen MR) is 73.7 cm³/mol. The van der Waals surface area contributed by atoms with E-state index in [0.29, 0.717) is 12.2 Å². The van der Waals surface area contributed by atoms with Crippen molar-refractivity contribution in [2.24, 2.45) is 0 Å². The zero-order valence-corrected chi connectivity index (χ0v) is 12.4. The third-order valence-corrected chi connectivity index (χ3v) is 3.09. The van der Waals surface area contributed by atoms with Gasteiger partial charge in [0, 0.05) is 12.6 Å². The summed E-state index contributed by atoms with van der Waals surface area (Å²) in [7, 11) is 0. The second kappa shape index (κ2) is 5.26.